The summed E-state index contributed by atoms with van der Waals surface area (Å²) in [7, 11) is 0. The van der Waals surface area contributed by atoms with Gasteiger partial charge in [0, 0.05) is 37.6 Å². The van der Waals surface area contributed by atoms with E-state index in [9.17, 15) is 0 Å². The summed E-state index contributed by atoms with van der Waals surface area (Å²) in [5.41, 5.74) is 0. The maximum absolute atomic E-state index is 4.38. The van der Waals surface area contributed by atoms with Crippen molar-refractivity contribution in [3.63, 3.8) is 0 Å². The zero-order chi connectivity index (χ0) is 11.5. The fourth-order valence-electron chi connectivity index (χ4n) is 2.51. The normalized spacial score (nSPS) is 24.9. The SMILES string of the molecule is c1cnc(N2CCCCC2CNC2CC2)nc1. The van der Waals surface area contributed by atoms with E-state index in [0.29, 0.717) is 6.04 Å². The molecule has 4 nitrogen and oxygen atoms in total. The summed E-state index contributed by atoms with van der Waals surface area (Å²) in [4.78, 5) is 11.1. The summed E-state index contributed by atoms with van der Waals surface area (Å²) >= 11 is 0. The van der Waals surface area contributed by atoms with Crippen LogP contribution in [0.5, 0.6) is 0 Å². The number of rotatable bonds is 4. The third-order valence-corrected chi connectivity index (χ3v) is 3.66. The molecule has 2 heterocycles. The molecule has 2 aliphatic rings. The molecule has 1 aromatic heterocycles. The molecule has 0 bridgehead atoms. The highest BCUT2D eigenvalue weighted by Gasteiger charge is 2.27. The van der Waals surface area contributed by atoms with Crippen LogP contribution in [0.4, 0.5) is 5.95 Å². The van der Waals surface area contributed by atoms with Crippen LogP contribution in [0, 0.1) is 0 Å². The Hall–Kier alpha value is -1.16. The lowest BCUT2D eigenvalue weighted by atomic mass is 10.0. The molecule has 1 atom stereocenters. The lowest BCUT2D eigenvalue weighted by Crippen LogP contribution is -2.46. The van der Waals surface area contributed by atoms with Gasteiger partial charge in [0.15, 0.2) is 0 Å². The van der Waals surface area contributed by atoms with Crippen LogP contribution >= 0.6 is 0 Å². The van der Waals surface area contributed by atoms with Crippen molar-refractivity contribution in [3.05, 3.63) is 18.5 Å². The quantitative estimate of drug-likeness (QED) is 0.856. The van der Waals surface area contributed by atoms with Gasteiger partial charge in [-0.3, -0.25) is 0 Å². The third kappa shape index (κ3) is 2.75. The van der Waals surface area contributed by atoms with Crippen molar-refractivity contribution in [2.75, 3.05) is 18.0 Å². The van der Waals surface area contributed by atoms with Crippen molar-refractivity contribution < 1.29 is 0 Å². The Morgan fingerprint density at radius 3 is 2.76 bits per heavy atom. The van der Waals surface area contributed by atoms with E-state index >= 15 is 0 Å². The van der Waals surface area contributed by atoms with Gasteiger partial charge in [0.1, 0.15) is 0 Å². The molecule has 1 aliphatic heterocycles. The van der Waals surface area contributed by atoms with Crippen molar-refractivity contribution in [3.8, 4) is 0 Å². The maximum atomic E-state index is 4.38. The van der Waals surface area contributed by atoms with Gasteiger partial charge in [-0.1, -0.05) is 0 Å². The van der Waals surface area contributed by atoms with Crippen LogP contribution in [0.25, 0.3) is 0 Å². The van der Waals surface area contributed by atoms with Crippen LogP contribution < -0.4 is 10.2 Å². The number of aromatic nitrogens is 2. The second-order valence-electron chi connectivity index (χ2n) is 5.07. The average Bonchev–Trinajstić information content (AvgIpc) is 3.22. The van der Waals surface area contributed by atoms with Crippen molar-refractivity contribution in [1.29, 1.82) is 0 Å². The Kier molecular flexibility index (Phi) is 3.22. The maximum Gasteiger partial charge on any atom is 0.225 e. The van der Waals surface area contributed by atoms with E-state index < -0.39 is 0 Å². The first kappa shape index (κ1) is 11.0. The molecule has 0 aromatic carbocycles. The Morgan fingerprint density at radius 2 is 2.00 bits per heavy atom. The third-order valence-electron chi connectivity index (χ3n) is 3.66. The van der Waals surface area contributed by atoms with Gasteiger partial charge in [0.25, 0.3) is 0 Å². The van der Waals surface area contributed by atoms with E-state index in [0.717, 1.165) is 25.1 Å². The van der Waals surface area contributed by atoms with Crippen LogP contribution in [0.2, 0.25) is 0 Å². The van der Waals surface area contributed by atoms with Gasteiger partial charge < -0.3 is 10.2 Å². The van der Waals surface area contributed by atoms with E-state index in [1.807, 2.05) is 18.5 Å². The molecule has 1 N–H and O–H groups in total. The topological polar surface area (TPSA) is 41.1 Å². The van der Waals surface area contributed by atoms with Gasteiger partial charge in [-0.2, -0.15) is 0 Å². The fourth-order valence-corrected chi connectivity index (χ4v) is 2.51. The van der Waals surface area contributed by atoms with Crippen LogP contribution in [0.1, 0.15) is 32.1 Å². The minimum atomic E-state index is 0.576. The van der Waals surface area contributed by atoms with E-state index in [4.69, 9.17) is 0 Å². The van der Waals surface area contributed by atoms with Crippen molar-refractivity contribution >= 4 is 5.95 Å². The molecule has 3 rings (SSSR count). The molecule has 92 valence electrons. The minimum absolute atomic E-state index is 0.576. The summed E-state index contributed by atoms with van der Waals surface area (Å²) in [5, 5.41) is 3.63. The van der Waals surface area contributed by atoms with Gasteiger partial charge in [-0.05, 0) is 38.2 Å². The molecule has 17 heavy (non-hydrogen) atoms. The second kappa shape index (κ2) is 5.00. The van der Waals surface area contributed by atoms with Crippen LogP contribution in [0.3, 0.4) is 0 Å². The predicted molar refractivity (Wildman–Crippen MR) is 68.0 cm³/mol. The largest absolute Gasteiger partial charge is 0.337 e. The van der Waals surface area contributed by atoms with Gasteiger partial charge in [-0.15, -0.1) is 0 Å². The number of nitrogens with zero attached hydrogens (tertiary/aromatic N) is 3. The van der Waals surface area contributed by atoms with Crippen LogP contribution in [-0.2, 0) is 0 Å². The number of nitrogens with one attached hydrogen (secondary N) is 1. The summed E-state index contributed by atoms with van der Waals surface area (Å²) in [6.45, 7) is 2.18. The molecular formula is C13H20N4. The van der Waals surface area contributed by atoms with Crippen LogP contribution in [-0.4, -0.2) is 35.1 Å². The van der Waals surface area contributed by atoms with Crippen molar-refractivity contribution in [1.82, 2.24) is 15.3 Å². The minimum Gasteiger partial charge on any atom is -0.337 e. The first-order valence-electron chi connectivity index (χ1n) is 6.70. The van der Waals surface area contributed by atoms with E-state index in [1.54, 1.807) is 0 Å². The van der Waals surface area contributed by atoms with Crippen molar-refractivity contribution in [2.45, 2.75) is 44.2 Å². The zero-order valence-electron chi connectivity index (χ0n) is 10.2. The lowest BCUT2D eigenvalue weighted by molar-refractivity contribution is 0.428. The summed E-state index contributed by atoms with van der Waals surface area (Å²) in [5.74, 6) is 0.898. The highest BCUT2D eigenvalue weighted by molar-refractivity contribution is 5.31. The standard InChI is InChI=1S/C13H20N4/c1-2-9-17(13-14-7-3-8-15-13)12(4-1)10-16-11-5-6-11/h3,7-8,11-12,16H,1-2,4-6,9-10H2. The van der Waals surface area contributed by atoms with Gasteiger partial charge in [0.05, 0.1) is 0 Å². The number of piperidine rings is 1. The van der Waals surface area contributed by atoms with Gasteiger partial charge >= 0.3 is 0 Å². The molecule has 0 radical (unpaired) electrons. The fraction of sp³-hybridized carbons (Fsp3) is 0.692. The molecule has 1 aromatic rings. The Bertz CT molecular complexity index is 350. The molecule has 0 spiro atoms. The second-order valence-corrected chi connectivity index (χ2v) is 5.07. The van der Waals surface area contributed by atoms with Crippen LogP contribution in [0.15, 0.2) is 18.5 Å². The van der Waals surface area contributed by atoms with Gasteiger partial charge in [0.2, 0.25) is 5.95 Å². The molecular weight excluding hydrogens is 212 g/mol. The summed E-state index contributed by atoms with van der Waals surface area (Å²) in [6.07, 6.45) is 10.2. The molecule has 2 fully saturated rings. The molecule has 1 unspecified atom stereocenters. The molecule has 1 saturated carbocycles. The Morgan fingerprint density at radius 1 is 1.18 bits per heavy atom. The molecule has 0 amide bonds. The van der Waals surface area contributed by atoms with E-state index in [-0.39, 0.29) is 0 Å². The van der Waals surface area contributed by atoms with Crippen molar-refractivity contribution in [2.24, 2.45) is 0 Å². The Labute approximate surface area is 102 Å². The summed E-state index contributed by atoms with van der Waals surface area (Å²) in [6, 6.07) is 3.24. The first-order valence-corrected chi connectivity index (χ1v) is 6.70. The monoisotopic (exact) mass is 232 g/mol. The number of anilines is 1. The molecule has 1 saturated heterocycles. The predicted octanol–water partition coefficient (Wildman–Crippen LogP) is 1.59. The Balaban J connectivity index is 1.66. The zero-order valence-corrected chi connectivity index (χ0v) is 10.2. The molecule has 4 heteroatoms. The highest BCUT2D eigenvalue weighted by Crippen LogP contribution is 2.23. The average molecular weight is 232 g/mol. The first-order chi connectivity index (χ1) is 8.43. The smallest absolute Gasteiger partial charge is 0.225 e. The summed E-state index contributed by atoms with van der Waals surface area (Å²) < 4.78 is 0. The van der Waals surface area contributed by atoms with E-state index in [1.165, 1.54) is 32.1 Å². The van der Waals surface area contributed by atoms with Gasteiger partial charge in [-0.25, -0.2) is 9.97 Å². The number of hydrogen-bond donors (Lipinski definition) is 1. The number of hydrogen-bond acceptors (Lipinski definition) is 4. The van der Waals surface area contributed by atoms with E-state index in [2.05, 4.69) is 20.2 Å². The molecule has 1 aliphatic carbocycles. The highest BCUT2D eigenvalue weighted by atomic mass is 15.3. The lowest BCUT2D eigenvalue weighted by Gasteiger charge is -2.35.